The molecular formula is C52H70N4O6. The number of allylic oxidation sites excluding steroid dienone is 2. The van der Waals surface area contributed by atoms with Crippen LogP contribution in [-0.4, -0.2) is 57.5 Å². The first kappa shape index (κ1) is 46.3. The summed E-state index contributed by atoms with van der Waals surface area (Å²) in [5, 5.41) is 17.0. The van der Waals surface area contributed by atoms with Crippen LogP contribution >= 0.6 is 0 Å². The second kappa shape index (κ2) is 20.3. The van der Waals surface area contributed by atoms with E-state index in [2.05, 4.69) is 67.5 Å². The predicted octanol–water partition coefficient (Wildman–Crippen LogP) is 7.84. The Balaban J connectivity index is 1.29. The first-order chi connectivity index (χ1) is 29.8. The predicted molar refractivity (Wildman–Crippen MR) is 250 cm³/mol. The van der Waals surface area contributed by atoms with Gasteiger partial charge < -0.3 is 34.8 Å². The first-order valence-corrected chi connectivity index (χ1v) is 23.0. The molecule has 3 aliphatic rings. The highest BCUT2D eigenvalue weighted by Gasteiger charge is 2.49. The number of H-pyrrole nitrogens is 3. The zero-order valence-corrected chi connectivity index (χ0v) is 38.6. The fourth-order valence-electron chi connectivity index (χ4n) is 10.3. The number of aromatic nitrogens is 3. The summed E-state index contributed by atoms with van der Waals surface area (Å²) in [4.78, 5) is 52.1. The van der Waals surface area contributed by atoms with Gasteiger partial charge in [-0.25, -0.2) is 0 Å². The van der Waals surface area contributed by atoms with Crippen LogP contribution in [0.25, 0.3) is 36.1 Å². The Morgan fingerprint density at radius 2 is 1.63 bits per heavy atom. The van der Waals surface area contributed by atoms with Gasteiger partial charge in [-0.3, -0.25) is 14.4 Å². The van der Waals surface area contributed by atoms with Crippen LogP contribution in [0.5, 0.6) is 0 Å². The van der Waals surface area contributed by atoms with Gasteiger partial charge in [-0.2, -0.15) is 0 Å². The van der Waals surface area contributed by atoms with Gasteiger partial charge in [-0.15, -0.1) is 0 Å². The summed E-state index contributed by atoms with van der Waals surface area (Å²) >= 11 is 0. The normalized spacial score (nSPS) is 22.6. The topological polar surface area (TPSA) is 149 Å². The fraction of sp³-hybridized carbons (Fsp3) is 0.519. The first-order valence-electron chi connectivity index (χ1n) is 23.0. The van der Waals surface area contributed by atoms with Crippen LogP contribution in [0.3, 0.4) is 0 Å². The molecule has 10 nitrogen and oxygen atoms in total. The van der Waals surface area contributed by atoms with Crippen molar-refractivity contribution in [2.45, 2.75) is 132 Å². The lowest BCUT2D eigenvalue weighted by molar-refractivity contribution is -0.143. The van der Waals surface area contributed by atoms with Gasteiger partial charge in [0.25, 0.3) is 0 Å². The van der Waals surface area contributed by atoms with Crippen LogP contribution in [0.4, 0.5) is 0 Å². The third-order valence-corrected chi connectivity index (χ3v) is 14.0. The Morgan fingerprint density at radius 1 is 0.919 bits per heavy atom. The number of Topliss-reactive ketones (excluding diaryl/α,β-unsaturated/α-hetero) is 1. The molecule has 0 spiro atoms. The van der Waals surface area contributed by atoms with Crippen molar-refractivity contribution in [2.75, 3.05) is 13.7 Å². The smallest absolute Gasteiger partial charge is 0.320 e. The molecule has 0 radical (unpaired) electrons. The molecular weight excluding hydrogens is 777 g/mol. The maximum Gasteiger partial charge on any atom is 0.320 e. The van der Waals surface area contributed by atoms with Crippen molar-refractivity contribution >= 4 is 53.9 Å². The Hall–Kier alpha value is -5.25. The van der Waals surface area contributed by atoms with E-state index in [-0.39, 0.29) is 36.6 Å². The largest absolute Gasteiger partial charge is 0.515 e. The van der Waals surface area contributed by atoms with Crippen molar-refractivity contribution in [3.8, 4) is 0 Å². The summed E-state index contributed by atoms with van der Waals surface area (Å²) in [6.07, 6.45) is 22.2. The molecule has 8 bridgehead atoms. The average molecular weight is 847 g/mol. The minimum atomic E-state index is -1.14. The number of aromatic amines is 3. The molecule has 62 heavy (non-hydrogen) atoms. The molecule has 1 fully saturated rings. The molecule has 6 atom stereocenters. The number of aliphatic hydroxyl groups is 1. The number of carbonyl (C=O) groups is 3. The number of nitrogens with one attached hydrogen (secondary N) is 4. The Labute approximate surface area is 367 Å². The average Bonchev–Trinajstić information content (AvgIpc) is 4.00. The number of fused-ring (bicyclic) bond motifs is 8. The van der Waals surface area contributed by atoms with E-state index >= 15 is 0 Å². The highest BCUT2D eigenvalue weighted by molar-refractivity contribution is 6.19. The summed E-state index contributed by atoms with van der Waals surface area (Å²) in [5.74, 6) is -1.06. The third kappa shape index (κ3) is 9.54. The van der Waals surface area contributed by atoms with E-state index in [1.54, 1.807) is 0 Å². The zero-order valence-electron chi connectivity index (χ0n) is 38.6. The van der Waals surface area contributed by atoms with Crippen LogP contribution in [0.15, 0.2) is 23.9 Å². The SMILES string of the molecule is C=Cc1c2[nH]c(c1C)/C=C1/NC(C3=c4[nH]/c(c(C)c4C(=O)[C@@H]3C(=O)OC)=C\c3[nH]c(/c(=C\O)c3CC)=C\2)[C@@H](CCC(=O)OC/C=C(\C)CCC[C@H](C)CCC[C@H](C)CCC)[C@@H]1C. The van der Waals surface area contributed by atoms with Crippen molar-refractivity contribution in [2.24, 2.45) is 29.6 Å². The van der Waals surface area contributed by atoms with Crippen molar-refractivity contribution in [3.05, 3.63) is 90.1 Å². The minimum Gasteiger partial charge on any atom is -0.515 e. The number of carbonyl (C=O) groups excluding carboxylic acids is 3. The van der Waals surface area contributed by atoms with Gasteiger partial charge in [0, 0.05) is 56.8 Å². The molecule has 3 aromatic heterocycles. The number of rotatable bonds is 18. The fourth-order valence-corrected chi connectivity index (χ4v) is 10.3. The van der Waals surface area contributed by atoms with Gasteiger partial charge in [-0.1, -0.05) is 91.4 Å². The summed E-state index contributed by atoms with van der Waals surface area (Å²) in [7, 11) is 1.31. The van der Waals surface area contributed by atoms with Crippen LogP contribution in [0.1, 0.15) is 155 Å². The molecule has 5 N–H and O–H groups in total. The Kier molecular flexibility index (Phi) is 15.1. The van der Waals surface area contributed by atoms with Gasteiger partial charge in [0.1, 0.15) is 12.5 Å². The van der Waals surface area contributed by atoms with Crippen LogP contribution in [-0.2, 0) is 25.5 Å². The summed E-state index contributed by atoms with van der Waals surface area (Å²) in [5.41, 5.74) is 9.31. The van der Waals surface area contributed by atoms with Crippen molar-refractivity contribution in [3.63, 3.8) is 0 Å². The highest BCUT2D eigenvalue weighted by atomic mass is 16.5. The zero-order chi connectivity index (χ0) is 44.8. The minimum absolute atomic E-state index is 0.0876. The molecule has 1 unspecified atom stereocenters. The highest BCUT2D eigenvalue weighted by Crippen LogP contribution is 2.42. The third-order valence-electron chi connectivity index (χ3n) is 14.0. The van der Waals surface area contributed by atoms with Gasteiger partial charge in [-0.05, 0) is 111 Å². The molecule has 0 saturated carbocycles. The number of ketones is 1. The standard InChI is InChI=1S/C52H70N4O6/c1-11-16-29(4)17-14-18-30(5)19-15-20-31(6)23-24-62-45(58)22-21-37-33(8)40-25-39-32(7)35(12-2)42(53-39)27-44-38(28-57)36(13-3)43(54-44)26-41-34(9)46-50(56-41)47(49(37)55-40)48(51(46)59)52(60)61-10/h12,23,25-30,33,37,48-49,53-57H,2,11,13-22,24H2,1,3-10H3/b31-23+,38-28-,40-25+,41-26-,44-27-/t29-,30-,33+,37+,48-,49?/m1/s1. The van der Waals surface area contributed by atoms with Gasteiger partial charge in [0.2, 0.25) is 0 Å². The number of ether oxygens (including phenoxy) is 2. The van der Waals surface area contributed by atoms with Gasteiger partial charge in [0.15, 0.2) is 5.78 Å². The van der Waals surface area contributed by atoms with Crippen molar-refractivity contribution < 1.29 is 29.0 Å². The number of esters is 2. The molecule has 1 aliphatic carbocycles. The van der Waals surface area contributed by atoms with E-state index in [4.69, 9.17) is 9.47 Å². The van der Waals surface area contributed by atoms with Crippen LogP contribution in [0.2, 0.25) is 0 Å². The maximum absolute atomic E-state index is 14.4. The Morgan fingerprint density at radius 3 is 2.31 bits per heavy atom. The molecule has 0 aromatic carbocycles. The van der Waals surface area contributed by atoms with Gasteiger partial charge in [0.05, 0.1) is 30.1 Å². The maximum atomic E-state index is 14.4. The molecule has 334 valence electrons. The lowest BCUT2D eigenvalue weighted by atomic mass is 9.80. The number of methoxy groups -OCH3 is 1. The molecule has 2 aliphatic heterocycles. The van der Waals surface area contributed by atoms with E-state index in [1.165, 1.54) is 51.2 Å². The quantitative estimate of drug-likeness (QED) is 0.0498. The molecule has 1 saturated heterocycles. The lowest BCUT2D eigenvalue weighted by Crippen LogP contribution is -2.38. The van der Waals surface area contributed by atoms with Crippen LogP contribution < -0.4 is 26.6 Å². The molecule has 0 amide bonds. The summed E-state index contributed by atoms with van der Waals surface area (Å²) in [6, 6.07) is -0.472. The van der Waals surface area contributed by atoms with Crippen LogP contribution in [0, 0.1) is 43.4 Å². The second-order valence-corrected chi connectivity index (χ2v) is 18.3. The van der Waals surface area contributed by atoms with E-state index in [0.717, 1.165) is 86.7 Å². The molecule has 5 heterocycles. The van der Waals surface area contributed by atoms with Crippen molar-refractivity contribution in [1.29, 1.82) is 0 Å². The summed E-state index contributed by atoms with van der Waals surface area (Å²) < 4.78 is 11.1. The number of hydrogen-bond donors (Lipinski definition) is 5. The number of hydrogen-bond acceptors (Lipinski definition) is 7. The van der Waals surface area contributed by atoms with E-state index in [9.17, 15) is 19.5 Å². The lowest BCUT2D eigenvalue weighted by Gasteiger charge is -2.25. The second-order valence-electron chi connectivity index (χ2n) is 18.3. The van der Waals surface area contributed by atoms with E-state index in [1.807, 2.05) is 45.1 Å². The monoisotopic (exact) mass is 847 g/mol. The molecule has 10 heteroatoms. The van der Waals surface area contributed by atoms with Crippen molar-refractivity contribution in [1.82, 2.24) is 20.3 Å². The van der Waals surface area contributed by atoms with E-state index < -0.39 is 17.9 Å². The van der Waals surface area contributed by atoms with E-state index in [0.29, 0.717) is 34.5 Å². The molecule has 6 rings (SSSR count). The Bertz CT molecular complexity index is 2490. The van der Waals surface area contributed by atoms with Gasteiger partial charge >= 0.3 is 11.9 Å². The number of aliphatic hydroxyl groups excluding tert-OH is 1. The molecule has 3 aromatic rings. The summed E-state index contributed by atoms with van der Waals surface area (Å²) in [6.45, 7) is 21.6.